The van der Waals surface area contributed by atoms with E-state index in [2.05, 4.69) is 0 Å². The van der Waals surface area contributed by atoms with Crippen LogP contribution in [0.15, 0.2) is 18.2 Å². The van der Waals surface area contributed by atoms with E-state index in [4.69, 9.17) is 34.8 Å². The molecular weight excluding hydrogens is 238 g/mol. The Kier molecular flexibility index (Phi) is 6.80. The molecule has 0 unspecified atom stereocenters. The summed E-state index contributed by atoms with van der Waals surface area (Å²) >= 11 is 18.8. The van der Waals surface area contributed by atoms with Gasteiger partial charge in [0, 0.05) is 0 Å². The van der Waals surface area contributed by atoms with Crippen LogP contribution in [0.3, 0.4) is 0 Å². The Hall–Kier alpha value is 0.804. The summed E-state index contributed by atoms with van der Waals surface area (Å²) < 4.78 is 0. The van der Waals surface area contributed by atoms with Gasteiger partial charge in [0.2, 0.25) is 0 Å². The van der Waals surface area contributed by atoms with Crippen LogP contribution in [0.4, 0.5) is 0 Å². The van der Waals surface area contributed by atoms with Crippen molar-refractivity contribution in [2.75, 3.05) is 0 Å². The van der Waals surface area contributed by atoms with Crippen LogP contribution in [0.1, 0.15) is 0 Å². The van der Waals surface area contributed by atoms with Gasteiger partial charge in [-0.25, -0.2) is 0 Å². The van der Waals surface area contributed by atoms with Gasteiger partial charge in [0.25, 0.3) is 0 Å². The monoisotopic (exact) mass is 243 g/mol. The summed E-state index contributed by atoms with van der Waals surface area (Å²) in [5, 5.41) is 3.40. The molecule has 11 heavy (non-hydrogen) atoms. The van der Waals surface area contributed by atoms with E-state index >= 15 is 0 Å². The number of benzene rings is 1. The zero-order chi connectivity index (χ0) is 8.85. The molecule has 0 N–H and O–H groups in total. The Bertz CT molecular complexity index is 205. The third kappa shape index (κ3) is 3.82. The van der Waals surface area contributed by atoms with E-state index in [1.165, 1.54) is 0 Å². The molecule has 0 fully saturated rings. The predicted molar refractivity (Wildman–Crippen MR) is 47.3 cm³/mol. The Balaban J connectivity index is 0.000000461. The zero-order valence-corrected chi connectivity index (χ0v) is 9.70. The van der Waals surface area contributed by atoms with Crippen molar-refractivity contribution in [3.05, 3.63) is 33.3 Å². The summed E-state index contributed by atoms with van der Waals surface area (Å²) in [6.45, 7) is 0. The molecule has 0 aromatic heterocycles. The summed E-state index contributed by atoms with van der Waals surface area (Å²) in [6.07, 6.45) is 0. The van der Waals surface area contributed by atoms with Crippen molar-refractivity contribution >= 4 is 34.8 Å². The number of hydrogen-bond acceptors (Lipinski definition) is 0. The van der Waals surface area contributed by atoms with E-state index in [1.807, 2.05) is 25.7 Å². The Morgan fingerprint density at radius 2 is 1.36 bits per heavy atom. The normalized spacial score (nSPS) is 8.27. The van der Waals surface area contributed by atoms with Crippen molar-refractivity contribution in [2.24, 2.45) is 0 Å². The van der Waals surface area contributed by atoms with Crippen molar-refractivity contribution in [1.82, 2.24) is 0 Å². The maximum absolute atomic E-state index is 5.61. The molecule has 1 aromatic rings. The van der Waals surface area contributed by atoms with Crippen LogP contribution in [-0.4, -0.2) is 0 Å². The van der Waals surface area contributed by atoms with Crippen LogP contribution < -0.4 is 0 Å². The van der Waals surface area contributed by atoms with Crippen LogP contribution >= 0.6 is 34.8 Å². The molecule has 0 atom stereocenters. The minimum atomic E-state index is 0.417. The quantitative estimate of drug-likeness (QED) is 0.473. The molecule has 0 heterocycles. The van der Waals surface area contributed by atoms with Crippen molar-refractivity contribution in [3.63, 3.8) is 0 Å². The van der Waals surface area contributed by atoms with E-state index in [0.717, 1.165) is 0 Å². The second-order valence-electron chi connectivity index (χ2n) is 1.54. The van der Waals surface area contributed by atoms with Crippen LogP contribution in [0.5, 0.6) is 0 Å². The van der Waals surface area contributed by atoms with Crippen molar-refractivity contribution < 1.29 is 20.4 Å². The molecule has 0 aliphatic rings. The second kappa shape index (κ2) is 6.33. The van der Waals surface area contributed by atoms with Crippen molar-refractivity contribution in [3.8, 4) is 0 Å². The van der Waals surface area contributed by atoms with E-state index in [1.54, 1.807) is 18.2 Å². The fourth-order valence-electron chi connectivity index (χ4n) is 0.477. The fraction of sp³-hybridized carbons (Fsp3) is 0.143. The van der Waals surface area contributed by atoms with Crippen LogP contribution in [-0.2, 0) is 20.4 Å². The topological polar surface area (TPSA) is 0 Å². The molecule has 59 valence electrons. The molecular formula is C7H6Cl3Ti. The summed E-state index contributed by atoms with van der Waals surface area (Å²) in [4.78, 5) is 0. The molecule has 0 spiro atoms. The van der Waals surface area contributed by atoms with Gasteiger partial charge in [0.05, 0.1) is 15.1 Å². The Morgan fingerprint density at radius 3 is 1.64 bits per heavy atom. The van der Waals surface area contributed by atoms with Crippen molar-refractivity contribution in [2.45, 2.75) is 5.23 Å². The summed E-state index contributed by atoms with van der Waals surface area (Å²) in [7, 11) is 0. The first kappa shape index (κ1) is 11.8. The van der Waals surface area contributed by atoms with Crippen LogP contribution in [0.25, 0.3) is 0 Å². The molecule has 1 aromatic carbocycles. The molecule has 0 radical (unpaired) electrons. The Morgan fingerprint density at radius 1 is 1.00 bits per heavy atom. The third-order valence-corrected chi connectivity index (χ3v) is 2.14. The van der Waals surface area contributed by atoms with Gasteiger partial charge in [0.1, 0.15) is 0 Å². The first-order valence-electron chi connectivity index (χ1n) is 2.81. The summed E-state index contributed by atoms with van der Waals surface area (Å²) in [5.41, 5.74) is 0. The number of hydrogen-bond donors (Lipinski definition) is 0. The van der Waals surface area contributed by atoms with Gasteiger partial charge in [0.15, 0.2) is 0 Å². The standard InChI is InChI=1S/C6H3Cl3.CH3.Ti/c7-4-2-1-3-5(8)6(4)9;;/h1-3H;1H3;. The van der Waals surface area contributed by atoms with Crippen molar-refractivity contribution in [1.29, 1.82) is 0 Å². The zero-order valence-electron chi connectivity index (χ0n) is 5.87. The van der Waals surface area contributed by atoms with Gasteiger partial charge < -0.3 is 0 Å². The van der Waals surface area contributed by atoms with E-state index < -0.39 is 0 Å². The average molecular weight is 244 g/mol. The second-order valence-corrected chi connectivity index (χ2v) is 2.73. The third-order valence-electron chi connectivity index (χ3n) is 0.904. The van der Waals surface area contributed by atoms with E-state index in [-0.39, 0.29) is 0 Å². The summed E-state index contributed by atoms with van der Waals surface area (Å²) in [5.74, 6) is 0. The fourth-order valence-corrected chi connectivity index (χ4v) is 1.00. The maximum atomic E-state index is 5.61. The number of rotatable bonds is 0. The molecule has 1 rings (SSSR count). The molecule has 0 saturated carbocycles. The van der Waals surface area contributed by atoms with Gasteiger partial charge in [-0.15, -0.1) is 0 Å². The Labute approximate surface area is 93.2 Å². The molecule has 4 heteroatoms. The van der Waals surface area contributed by atoms with Gasteiger partial charge in [-0.05, 0) is 12.1 Å². The molecule has 0 aliphatic heterocycles. The van der Waals surface area contributed by atoms with Crippen LogP contribution in [0, 0.1) is 0 Å². The number of halogens is 3. The van der Waals surface area contributed by atoms with Gasteiger partial charge >= 0.3 is 25.7 Å². The van der Waals surface area contributed by atoms with Gasteiger partial charge in [-0.1, -0.05) is 40.9 Å². The molecule has 0 amide bonds. The molecule has 0 nitrogen and oxygen atoms in total. The molecule has 0 aliphatic carbocycles. The van der Waals surface area contributed by atoms with E-state index in [0.29, 0.717) is 15.1 Å². The first-order valence-corrected chi connectivity index (χ1v) is 5.51. The average Bonchev–Trinajstić information content (AvgIpc) is 2.04. The molecule has 0 bridgehead atoms. The van der Waals surface area contributed by atoms with Gasteiger partial charge in [-0.2, -0.15) is 0 Å². The van der Waals surface area contributed by atoms with E-state index in [9.17, 15) is 0 Å². The minimum absolute atomic E-state index is 0.417. The van der Waals surface area contributed by atoms with Gasteiger partial charge in [-0.3, -0.25) is 0 Å². The summed E-state index contributed by atoms with van der Waals surface area (Å²) in [6, 6.07) is 5.13. The SMILES string of the molecule is Clc1cccc(Cl)c1Cl.[CH3][Ti]. The predicted octanol–water partition coefficient (Wildman–Crippen LogP) is 4.23. The first-order chi connectivity index (χ1) is 5.22. The van der Waals surface area contributed by atoms with Crippen LogP contribution in [0.2, 0.25) is 20.3 Å². The molecule has 0 saturated heterocycles.